The Morgan fingerprint density at radius 1 is 1.33 bits per heavy atom. The number of nitrogens with zero attached hydrogens (tertiary/aromatic N) is 4. The highest BCUT2D eigenvalue weighted by molar-refractivity contribution is 6.29. The van der Waals surface area contributed by atoms with Crippen LogP contribution < -0.4 is 20.7 Å². The molecule has 0 aliphatic carbocycles. The van der Waals surface area contributed by atoms with Crippen LogP contribution in [0.4, 0.5) is 16.3 Å². The van der Waals surface area contributed by atoms with Gasteiger partial charge in [-0.05, 0) is 45.4 Å². The van der Waals surface area contributed by atoms with E-state index < -0.39 is 17.9 Å². The van der Waals surface area contributed by atoms with E-state index in [2.05, 4.69) is 15.4 Å². The van der Waals surface area contributed by atoms with Crippen LogP contribution in [0.3, 0.4) is 0 Å². The molecule has 0 spiro atoms. The Labute approximate surface area is 215 Å². The van der Waals surface area contributed by atoms with Crippen molar-refractivity contribution in [2.24, 2.45) is 0 Å². The molecule has 0 radical (unpaired) electrons. The lowest BCUT2D eigenvalue weighted by Gasteiger charge is -2.25. The maximum atomic E-state index is 12.6. The standard InChI is InChI=1S/C24H33ClN6O5/c1-14(12-35-13-15-7-8-18(34-6)17(26)9-15)28-22(32)16-11-27-31-20(10-19(25)29-21(16)31)30(5)23(33)36-24(2,3)4/h7-11,14,22,28,32H,12-13,26H2,1-6H3/t14-,22?/m1/s1. The highest BCUT2D eigenvalue weighted by Gasteiger charge is 2.25. The van der Waals surface area contributed by atoms with Crippen LogP contribution in [0.1, 0.15) is 45.0 Å². The quantitative estimate of drug-likeness (QED) is 0.220. The summed E-state index contributed by atoms with van der Waals surface area (Å²) in [6.45, 7) is 7.88. The molecular weight excluding hydrogens is 488 g/mol. The molecule has 1 aromatic carbocycles. The average molecular weight is 521 g/mol. The molecule has 11 nitrogen and oxygen atoms in total. The van der Waals surface area contributed by atoms with Crippen molar-refractivity contribution in [1.82, 2.24) is 19.9 Å². The number of amides is 1. The lowest BCUT2D eigenvalue weighted by Crippen LogP contribution is -2.35. The SMILES string of the molecule is COc1ccc(COC[C@@H](C)NC(O)c2cnn3c(N(C)C(=O)OC(C)(C)C)cc(Cl)nc23)cc1N. The Bertz CT molecular complexity index is 1210. The van der Waals surface area contributed by atoms with Crippen LogP contribution in [0.5, 0.6) is 5.75 Å². The van der Waals surface area contributed by atoms with Crippen molar-refractivity contribution >= 4 is 34.8 Å². The Morgan fingerprint density at radius 3 is 2.69 bits per heavy atom. The number of ether oxygens (including phenoxy) is 3. The third-order valence-electron chi connectivity index (χ3n) is 5.13. The lowest BCUT2D eigenvalue weighted by molar-refractivity contribution is 0.0587. The molecule has 0 bridgehead atoms. The van der Waals surface area contributed by atoms with Gasteiger partial charge in [-0.3, -0.25) is 10.2 Å². The first-order chi connectivity index (χ1) is 16.9. The molecule has 2 aromatic heterocycles. The van der Waals surface area contributed by atoms with Crippen molar-refractivity contribution in [2.45, 2.75) is 52.2 Å². The molecule has 0 saturated carbocycles. The number of anilines is 2. The van der Waals surface area contributed by atoms with Crippen LogP contribution in [0.25, 0.3) is 5.65 Å². The van der Waals surface area contributed by atoms with Gasteiger partial charge in [0.2, 0.25) is 0 Å². The third-order valence-corrected chi connectivity index (χ3v) is 5.32. The first-order valence-electron chi connectivity index (χ1n) is 11.3. The lowest BCUT2D eigenvalue weighted by atomic mass is 10.2. The van der Waals surface area contributed by atoms with Crippen LogP contribution in [0.15, 0.2) is 30.5 Å². The minimum atomic E-state index is -1.11. The number of halogens is 1. The number of aliphatic hydroxyl groups is 1. The Hall–Kier alpha value is -3.12. The second-order valence-corrected chi connectivity index (χ2v) is 9.76. The summed E-state index contributed by atoms with van der Waals surface area (Å²) in [6, 6.07) is 6.75. The molecule has 2 heterocycles. The van der Waals surface area contributed by atoms with Crippen molar-refractivity contribution in [1.29, 1.82) is 0 Å². The van der Waals surface area contributed by atoms with E-state index in [1.165, 1.54) is 21.7 Å². The highest BCUT2D eigenvalue weighted by atomic mass is 35.5. The normalized spacial score (nSPS) is 13.4. The molecule has 0 aliphatic rings. The smallest absolute Gasteiger partial charge is 0.415 e. The number of carbonyl (C=O) groups is 1. The average Bonchev–Trinajstić information content (AvgIpc) is 3.20. The van der Waals surface area contributed by atoms with Crippen molar-refractivity contribution in [3.8, 4) is 5.75 Å². The van der Waals surface area contributed by atoms with Gasteiger partial charge in [0.1, 0.15) is 28.5 Å². The van der Waals surface area contributed by atoms with Crippen LogP contribution in [-0.4, -0.2) is 58.2 Å². The number of aromatic nitrogens is 3. The molecule has 1 unspecified atom stereocenters. The van der Waals surface area contributed by atoms with Gasteiger partial charge >= 0.3 is 6.09 Å². The fraction of sp³-hybridized carbons (Fsp3) is 0.458. The number of methoxy groups -OCH3 is 1. The predicted molar refractivity (Wildman–Crippen MR) is 137 cm³/mol. The molecule has 196 valence electrons. The summed E-state index contributed by atoms with van der Waals surface area (Å²) in [5, 5.41) is 18.3. The highest BCUT2D eigenvalue weighted by Crippen LogP contribution is 2.26. The number of rotatable bonds is 9. The zero-order valence-electron chi connectivity index (χ0n) is 21.3. The molecule has 0 saturated heterocycles. The second kappa shape index (κ2) is 11.3. The van der Waals surface area contributed by atoms with Crippen molar-refractivity contribution in [3.63, 3.8) is 0 Å². The van der Waals surface area contributed by atoms with Gasteiger partial charge in [0.15, 0.2) is 5.65 Å². The van der Waals surface area contributed by atoms with Gasteiger partial charge in [-0.15, -0.1) is 0 Å². The van der Waals surface area contributed by atoms with E-state index in [4.69, 9.17) is 31.5 Å². The summed E-state index contributed by atoms with van der Waals surface area (Å²) < 4.78 is 17.8. The molecule has 12 heteroatoms. The largest absolute Gasteiger partial charge is 0.495 e. The molecule has 36 heavy (non-hydrogen) atoms. The fourth-order valence-electron chi connectivity index (χ4n) is 3.43. The summed E-state index contributed by atoms with van der Waals surface area (Å²) >= 11 is 6.23. The maximum absolute atomic E-state index is 12.6. The number of benzene rings is 1. The second-order valence-electron chi connectivity index (χ2n) is 9.37. The summed E-state index contributed by atoms with van der Waals surface area (Å²) in [5.41, 5.74) is 7.40. The number of hydrogen-bond acceptors (Lipinski definition) is 9. The van der Waals surface area contributed by atoms with E-state index in [1.54, 1.807) is 47.1 Å². The van der Waals surface area contributed by atoms with E-state index in [9.17, 15) is 9.90 Å². The number of aliphatic hydroxyl groups excluding tert-OH is 1. The van der Waals surface area contributed by atoms with Gasteiger partial charge in [0, 0.05) is 19.2 Å². The zero-order chi connectivity index (χ0) is 26.6. The van der Waals surface area contributed by atoms with Gasteiger partial charge in [-0.2, -0.15) is 9.61 Å². The third kappa shape index (κ3) is 6.76. The summed E-state index contributed by atoms with van der Waals surface area (Å²) in [6.07, 6.45) is -0.217. The van der Waals surface area contributed by atoms with Gasteiger partial charge in [0.25, 0.3) is 0 Å². The van der Waals surface area contributed by atoms with Crippen molar-refractivity contribution < 1.29 is 24.1 Å². The first kappa shape index (κ1) is 27.5. The zero-order valence-corrected chi connectivity index (χ0v) is 22.0. The Kier molecular flexibility index (Phi) is 8.62. The van der Waals surface area contributed by atoms with Gasteiger partial charge < -0.3 is 25.1 Å². The van der Waals surface area contributed by atoms with Gasteiger partial charge in [-0.1, -0.05) is 17.7 Å². The molecule has 2 atom stereocenters. The Morgan fingerprint density at radius 2 is 2.06 bits per heavy atom. The molecule has 0 aliphatic heterocycles. The molecule has 0 fully saturated rings. The number of hydrogen-bond donors (Lipinski definition) is 3. The topological polar surface area (TPSA) is 136 Å². The summed E-state index contributed by atoms with van der Waals surface area (Å²) in [4.78, 5) is 18.1. The van der Waals surface area contributed by atoms with E-state index in [-0.39, 0.29) is 11.2 Å². The van der Waals surface area contributed by atoms with E-state index in [1.807, 2.05) is 13.0 Å². The minimum Gasteiger partial charge on any atom is -0.495 e. The van der Waals surface area contributed by atoms with Gasteiger partial charge in [-0.25, -0.2) is 9.78 Å². The maximum Gasteiger partial charge on any atom is 0.415 e. The predicted octanol–water partition coefficient (Wildman–Crippen LogP) is 3.53. The minimum absolute atomic E-state index is 0.136. The van der Waals surface area contributed by atoms with Crippen molar-refractivity contribution in [3.05, 3.63) is 46.7 Å². The first-order valence-corrected chi connectivity index (χ1v) is 11.7. The fourth-order valence-corrected chi connectivity index (χ4v) is 3.60. The number of nitrogens with two attached hydrogens (primary N) is 1. The number of carbonyl (C=O) groups excluding carboxylic acids is 1. The molecule has 4 N–H and O–H groups in total. The van der Waals surface area contributed by atoms with Crippen LogP contribution in [0, 0.1) is 0 Å². The van der Waals surface area contributed by atoms with Crippen molar-refractivity contribution in [2.75, 3.05) is 31.4 Å². The molecule has 1 amide bonds. The number of fused-ring (bicyclic) bond motifs is 1. The molecule has 3 rings (SSSR count). The van der Waals surface area contributed by atoms with Gasteiger partial charge in [0.05, 0.1) is 37.8 Å². The summed E-state index contributed by atoms with van der Waals surface area (Å²) in [5.74, 6) is 0.951. The van der Waals surface area contributed by atoms with Crippen LogP contribution in [-0.2, 0) is 16.1 Å². The molecule has 3 aromatic rings. The Balaban J connectivity index is 1.67. The van der Waals surface area contributed by atoms with E-state index >= 15 is 0 Å². The van der Waals surface area contributed by atoms with E-state index in [0.717, 1.165) is 5.56 Å². The van der Waals surface area contributed by atoms with E-state index in [0.29, 0.717) is 41.7 Å². The number of nitrogens with one attached hydrogen (secondary N) is 1. The number of nitrogen functional groups attached to an aromatic ring is 1. The molecular formula is C24H33ClN6O5. The van der Waals surface area contributed by atoms with Crippen LogP contribution in [0.2, 0.25) is 5.15 Å². The van der Waals surface area contributed by atoms with Crippen LogP contribution >= 0.6 is 11.6 Å². The monoisotopic (exact) mass is 520 g/mol. The summed E-state index contributed by atoms with van der Waals surface area (Å²) in [7, 11) is 3.11.